The third-order valence-electron chi connectivity index (χ3n) is 4.80. The van der Waals surface area contributed by atoms with Crippen LogP contribution in [0.1, 0.15) is 17.2 Å². The van der Waals surface area contributed by atoms with Crippen molar-refractivity contribution < 1.29 is 8.78 Å². The normalized spacial score (nSPS) is 15.4. The molecular weight excluding hydrogens is 320 g/mol. The van der Waals surface area contributed by atoms with Crippen LogP contribution in [0.5, 0.6) is 0 Å². The van der Waals surface area contributed by atoms with Gasteiger partial charge in [0.1, 0.15) is 11.3 Å². The molecule has 0 saturated heterocycles. The molecule has 1 atom stereocenters. The summed E-state index contributed by atoms with van der Waals surface area (Å²) in [6.45, 7) is 0. The summed E-state index contributed by atoms with van der Waals surface area (Å²) in [6, 6.07) is 16.2. The van der Waals surface area contributed by atoms with E-state index in [-0.39, 0.29) is 11.6 Å². The van der Waals surface area contributed by atoms with Gasteiger partial charge < -0.3 is 10.7 Å². The van der Waals surface area contributed by atoms with Gasteiger partial charge in [-0.1, -0.05) is 42.5 Å². The molecule has 25 heavy (non-hydrogen) atoms. The zero-order valence-corrected chi connectivity index (χ0v) is 13.1. The van der Waals surface area contributed by atoms with Crippen LogP contribution in [-0.4, -0.2) is 9.97 Å². The minimum absolute atomic E-state index is 0.00295. The maximum Gasteiger partial charge on any atom is 0.186 e. The number of nitrogens with two attached hydrogens (primary N) is 1. The number of hydrogen-bond donors (Lipinski definition) is 2. The summed E-state index contributed by atoms with van der Waals surface area (Å²) in [6.07, 6.45) is 0. The van der Waals surface area contributed by atoms with Crippen molar-refractivity contribution in [3.8, 4) is 22.5 Å². The molecule has 0 bridgehead atoms. The highest BCUT2D eigenvalue weighted by Crippen LogP contribution is 2.46. The molecule has 0 spiro atoms. The molecule has 5 rings (SSSR count). The Kier molecular flexibility index (Phi) is 2.85. The molecule has 3 nitrogen and oxygen atoms in total. The monoisotopic (exact) mass is 333 g/mol. The Morgan fingerprint density at radius 1 is 0.880 bits per heavy atom. The van der Waals surface area contributed by atoms with Crippen LogP contribution in [0.25, 0.3) is 33.5 Å². The molecule has 1 aliphatic rings. The van der Waals surface area contributed by atoms with E-state index in [1.54, 1.807) is 0 Å². The smallest absolute Gasteiger partial charge is 0.186 e. The van der Waals surface area contributed by atoms with Gasteiger partial charge >= 0.3 is 0 Å². The van der Waals surface area contributed by atoms with Crippen molar-refractivity contribution in [1.29, 1.82) is 0 Å². The fourth-order valence-corrected chi connectivity index (χ4v) is 3.64. The lowest BCUT2D eigenvalue weighted by atomic mass is 9.99. The van der Waals surface area contributed by atoms with Crippen molar-refractivity contribution in [2.75, 3.05) is 0 Å². The number of aromatic nitrogens is 2. The van der Waals surface area contributed by atoms with E-state index in [1.165, 1.54) is 6.07 Å². The summed E-state index contributed by atoms with van der Waals surface area (Å²) in [5, 5.41) is 0. The lowest BCUT2D eigenvalue weighted by Crippen LogP contribution is -2.07. The van der Waals surface area contributed by atoms with E-state index in [1.807, 2.05) is 42.5 Å². The standard InChI is InChI=1S/C20H13F2N3/c21-14-8-9-15-19(17(14)22)25-20(24-15)13-7-3-6-12-16(13)10-4-1-2-5-11(10)18(12)23/h1-9,18H,23H2,(H,24,25)/t18-/m1/s1. The van der Waals surface area contributed by atoms with E-state index in [0.717, 1.165) is 33.9 Å². The van der Waals surface area contributed by atoms with Gasteiger partial charge in [-0.05, 0) is 34.4 Å². The van der Waals surface area contributed by atoms with Crippen molar-refractivity contribution in [2.24, 2.45) is 5.73 Å². The van der Waals surface area contributed by atoms with Gasteiger partial charge in [0.15, 0.2) is 11.6 Å². The molecule has 0 unspecified atom stereocenters. The molecule has 0 fully saturated rings. The summed E-state index contributed by atoms with van der Waals surface area (Å²) in [7, 11) is 0. The Morgan fingerprint density at radius 3 is 2.52 bits per heavy atom. The van der Waals surface area contributed by atoms with E-state index in [0.29, 0.717) is 11.3 Å². The SMILES string of the molecule is N[C@@H]1c2ccccc2-c2c(-c3nc4c(F)c(F)ccc4[nH]3)cccc21. The summed E-state index contributed by atoms with van der Waals surface area (Å²) in [5.74, 6) is -1.35. The van der Waals surface area contributed by atoms with Crippen LogP contribution >= 0.6 is 0 Å². The third kappa shape index (κ3) is 1.90. The highest BCUT2D eigenvalue weighted by atomic mass is 19.2. The van der Waals surface area contributed by atoms with Crippen molar-refractivity contribution in [3.63, 3.8) is 0 Å². The minimum Gasteiger partial charge on any atom is -0.338 e. The first kappa shape index (κ1) is 14.3. The third-order valence-corrected chi connectivity index (χ3v) is 4.80. The number of halogens is 2. The average molecular weight is 333 g/mol. The molecule has 1 heterocycles. The number of benzene rings is 3. The van der Waals surface area contributed by atoms with E-state index in [2.05, 4.69) is 9.97 Å². The second-order valence-electron chi connectivity index (χ2n) is 6.18. The van der Waals surface area contributed by atoms with E-state index in [9.17, 15) is 8.78 Å². The summed E-state index contributed by atoms with van der Waals surface area (Å²) >= 11 is 0. The van der Waals surface area contributed by atoms with Crippen LogP contribution in [0.2, 0.25) is 0 Å². The first-order valence-electron chi connectivity index (χ1n) is 7.97. The zero-order valence-electron chi connectivity index (χ0n) is 13.1. The summed E-state index contributed by atoms with van der Waals surface area (Å²) < 4.78 is 27.5. The van der Waals surface area contributed by atoms with E-state index < -0.39 is 11.6 Å². The number of imidazole rings is 1. The minimum atomic E-state index is -0.940. The van der Waals surface area contributed by atoms with Gasteiger partial charge in [-0.2, -0.15) is 0 Å². The Labute approximate surface area is 142 Å². The summed E-state index contributed by atoms with van der Waals surface area (Å²) in [5.41, 5.74) is 11.8. The number of rotatable bonds is 1. The Balaban J connectivity index is 1.80. The lowest BCUT2D eigenvalue weighted by molar-refractivity contribution is 0.515. The van der Waals surface area contributed by atoms with Gasteiger partial charge in [0.25, 0.3) is 0 Å². The van der Waals surface area contributed by atoms with Gasteiger partial charge in [-0.25, -0.2) is 13.8 Å². The molecule has 0 aliphatic heterocycles. The average Bonchev–Trinajstić information content (AvgIpc) is 3.20. The fourth-order valence-electron chi connectivity index (χ4n) is 3.64. The molecule has 0 amide bonds. The van der Waals surface area contributed by atoms with Gasteiger partial charge in [0, 0.05) is 5.56 Å². The van der Waals surface area contributed by atoms with Crippen LogP contribution in [-0.2, 0) is 0 Å². The van der Waals surface area contributed by atoms with Crippen molar-refractivity contribution in [2.45, 2.75) is 6.04 Å². The number of H-pyrrole nitrogens is 1. The molecule has 1 aromatic heterocycles. The number of fused-ring (bicyclic) bond motifs is 4. The molecule has 3 N–H and O–H groups in total. The highest BCUT2D eigenvalue weighted by molar-refractivity contribution is 5.91. The van der Waals surface area contributed by atoms with Gasteiger partial charge in [-0.15, -0.1) is 0 Å². The Hall–Kier alpha value is -3.05. The number of nitrogens with one attached hydrogen (secondary N) is 1. The quantitative estimate of drug-likeness (QED) is 0.537. The number of nitrogens with zero attached hydrogens (tertiary/aromatic N) is 1. The predicted octanol–water partition coefficient (Wildman–Crippen LogP) is 4.54. The van der Waals surface area contributed by atoms with Crippen LogP contribution in [0.15, 0.2) is 54.6 Å². The topological polar surface area (TPSA) is 54.7 Å². The van der Waals surface area contributed by atoms with E-state index >= 15 is 0 Å². The molecular formula is C20H13F2N3. The van der Waals surface area contributed by atoms with Crippen LogP contribution < -0.4 is 5.73 Å². The maximum absolute atomic E-state index is 14.0. The molecule has 122 valence electrons. The van der Waals surface area contributed by atoms with Crippen molar-refractivity contribution in [1.82, 2.24) is 9.97 Å². The number of hydrogen-bond acceptors (Lipinski definition) is 2. The predicted molar refractivity (Wildman–Crippen MR) is 92.9 cm³/mol. The zero-order chi connectivity index (χ0) is 17.1. The first-order valence-corrected chi connectivity index (χ1v) is 7.97. The largest absolute Gasteiger partial charge is 0.338 e. The highest BCUT2D eigenvalue weighted by Gasteiger charge is 2.28. The lowest BCUT2D eigenvalue weighted by Gasteiger charge is -2.08. The number of aromatic amines is 1. The van der Waals surface area contributed by atoms with E-state index in [4.69, 9.17) is 5.73 Å². The van der Waals surface area contributed by atoms with Crippen molar-refractivity contribution >= 4 is 11.0 Å². The summed E-state index contributed by atoms with van der Waals surface area (Å²) in [4.78, 5) is 7.40. The molecule has 5 heteroatoms. The maximum atomic E-state index is 14.0. The molecule has 1 aliphatic carbocycles. The molecule has 0 radical (unpaired) electrons. The van der Waals surface area contributed by atoms with Gasteiger partial charge in [-0.3, -0.25) is 0 Å². The van der Waals surface area contributed by atoms with Crippen LogP contribution in [0.3, 0.4) is 0 Å². The first-order chi connectivity index (χ1) is 12.1. The van der Waals surface area contributed by atoms with Gasteiger partial charge in [0.2, 0.25) is 0 Å². The fraction of sp³-hybridized carbons (Fsp3) is 0.0500. The Bertz CT molecular complexity index is 1150. The second-order valence-corrected chi connectivity index (χ2v) is 6.18. The molecule has 3 aromatic carbocycles. The van der Waals surface area contributed by atoms with Gasteiger partial charge in [0.05, 0.1) is 11.6 Å². The Morgan fingerprint density at radius 2 is 1.64 bits per heavy atom. The van der Waals surface area contributed by atoms with Crippen LogP contribution in [0, 0.1) is 11.6 Å². The van der Waals surface area contributed by atoms with Crippen LogP contribution in [0.4, 0.5) is 8.78 Å². The van der Waals surface area contributed by atoms with Crippen molar-refractivity contribution in [3.05, 3.63) is 77.4 Å². The second kappa shape index (κ2) is 4.97. The molecule has 0 saturated carbocycles. The molecule has 4 aromatic rings.